The Bertz CT molecular complexity index is 1140. The van der Waals surface area contributed by atoms with E-state index in [-0.39, 0.29) is 5.28 Å². The van der Waals surface area contributed by atoms with Gasteiger partial charge in [-0.15, -0.1) is 0 Å². The standard InChI is InChI=1S/C17H12ClN5OS/c18-17-21-15(11-5-6-23(25)16(11)22-17)20-13-8-10-4-2-1-3-9(10)7-12(13)14(19)24/h1-8,25H,(H2,19,24)(H,20,21,22). The molecule has 4 rings (SSSR count). The molecular weight excluding hydrogens is 358 g/mol. The first-order chi connectivity index (χ1) is 12.0. The van der Waals surface area contributed by atoms with Crippen LogP contribution in [0.4, 0.5) is 11.5 Å². The van der Waals surface area contributed by atoms with Crippen LogP contribution in [0.25, 0.3) is 21.8 Å². The van der Waals surface area contributed by atoms with Crippen molar-refractivity contribution >= 4 is 63.6 Å². The Kier molecular flexibility index (Phi) is 3.74. The van der Waals surface area contributed by atoms with Crippen molar-refractivity contribution < 1.29 is 4.79 Å². The molecule has 25 heavy (non-hydrogen) atoms. The number of anilines is 2. The van der Waals surface area contributed by atoms with Gasteiger partial charge in [0, 0.05) is 6.20 Å². The summed E-state index contributed by atoms with van der Waals surface area (Å²) in [5.74, 6) is -0.0583. The van der Waals surface area contributed by atoms with Crippen molar-refractivity contribution in [1.82, 2.24) is 13.9 Å². The highest BCUT2D eigenvalue weighted by molar-refractivity contribution is 7.78. The van der Waals surface area contributed by atoms with Crippen LogP contribution in [0, 0.1) is 0 Å². The molecule has 6 nitrogen and oxygen atoms in total. The Balaban J connectivity index is 1.91. The third kappa shape index (κ3) is 2.77. The number of primary amides is 1. The third-order valence-corrected chi connectivity index (χ3v) is 4.39. The topological polar surface area (TPSA) is 85.8 Å². The van der Waals surface area contributed by atoms with E-state index in [2.05, 4.69) is 28.1 Å². The first kappa shape index (κ1) is 15.7. The molecule has 0 unspecified atom stereocenters. The lowest BCUT2D eigenvalue weighted by Gasteiger charge is -2.12. The monoisotopic (exact) mass is 369 g/mol. The minimum atomic E-state index is -0.531. The van der Waals surface area contributed by atoms with Gasteiger partial charge in [-0.05, 0) is 40.6 Å². The molecule has 2 aromatic carbocycles. The summed E-state index contributed by atoms with van der Waals surface area (Å²) in [5.41, 5.74) is 7.03. The molecule has 0 spiro atoms. The van der Waals surface area contributed by atoms with E-state index in [1.807, 2.05) is 36.4 Å². The molecule has 0 aliphatic rings. The van der Waals surface area contributed by atoms with Crippen molar-refractivity contribution in [3.63, 3.8) is 0 Å². The highest BCUT2D eigenvalue weighted by atomic mass is 35.5. The summed E-state index contributed by atoms with van der Waals surface area (Å²) in [4.78, 5) is 20.3. The molecular formula is C17H12ClN5OS. The Labute approximate surface area is 153 Å². The van der Waals surface area contributed by atoms with Gasteiger partial charge in [0.1, 0.15) is 5.82 Å². The van der Waals surface area contributed by atoms with Crippen LogP contribution < -0.4 is 11.1 Å². The van der Waals surface area contributed by atoms with Gasteiger partial charge in [0.05, 0.1) is 16.6 Å². The van der Waals surface area contributed by atoms with Crippen molar-refractivity contribution in [2.45, 2.75) is 0 Å². The molecule has 4 aromatic rings. The second-order valence-electron chi connectivity index (χ2n) is 5.47. The molecule has 0 bridgehead atoms. The summed E-state index contributed by atoms with van der Waals surface area (Å²) in [7, 11) is 0. The summed E-state index contributed by atoms with van der Waals surface area (Å²) in [5, 5.41) is 5.85. The highest BCUT2D eigenvalue weighted by Crippen LogP contribution is 2.30. The van der Waals surface area contributed by atoms with Crippen LogP contribution in [0.2, 0.25) is 5.28 Å². The number of nitrogens with one attached hydrogen (secondary N) is 1. The van der Waals surface area contributed by atoms with Gasteiger partial charge in [-0.1, -0.05) is 37.1 Å². The Hall–Kier alpha value is -2.77. The molecule has 0 aliphatic carbocycles. The zero-order valence-corrected chi connectivity index (χ0v) is 14.4. The Morgan fingerprint density at radius 2 is 1.88 bits per heavy atom. The van der Waals surface area contributed by atoms with Gasteiger partial charge in [0.25, 0.3) is 5.91 Å². The first-order valence-corrected chi connectivity index (χ1v) is 8.14. The third-order valence-electron chi connectivity index (χ3n) is 3.90. The summed E-state index contributed by atoms with van der Waals surface area (Å²) in [6.45, 7) is 0. The molecule has 0 atom stereocenters. The lowest BCUT2D eigenvalue weighted by molar-refractivity contribution is 0.100. The minimum absolute atomic E-state index is 0.0745. The maximum atomic E-state index is 11.9. The molecule has 124 valence electrons. The zero-order valence-electron chi connectivity index (χ0n) is 12.8. The van der Waals surface area contributed by atoms with E-state index in [1.165, 1.54) is 0 Å². The minimum Gasteiger partial charge on any atom is -0.366 e. The number of halogens is 1. The van der Waals surface area contributed by atoms with Crippen LogP contribution in [0.5, 0.6) is 0 Å². The second-order valence-corrected chi connectivity index (χ2v) is 6.24. The van der Waals surface area contributed by atoms with E-state index in [9.17, 15) is 4.79 Å². The first-order valence-electron chi connectivity index (χ1n) is 7.36. The molecule has 0 radical (unpaired) electrons. The van der Waals surface area contributed by atoms with Crippen LogP contribution >= 0.6 is 24.4 Å². The fourth-order valence-electron chi connectivity index (χ4n) is 2.75. The van der Waals surface area contributed by atoms with Gasteiger partial charge in [-0.2, -0.15) is 9.97 Å². The molecule has 0 saturated carbocycles. The summed E-state index contributed by atoms with van der Waals surface area (Å²) in [6, 6.07) is 13.1. The van der Waals surface area contributed by atoms with Gasteiger partial charge < -0.3 is 11.1 Å². The second kappa shape index (κ2) is 5.94. The average Bonchev–Trinajstić information content (AvgIpc) is 2.95. The number of rotatable bonds is 3. The normalized spacial score (nSPS) is 11.1. The van der Waals surface area contributed by atoms with Gasteiger partial charge >= 0.3 is 0 Å². The van der Waals surface area contributed by atoms with Gasteiger partial charge in [0.15, 0.2) is 5.65 Å². The van der Waals surface area contributed by atoms with E-state index in [0.29, 0.717) is 22.7 Å². The number of hydrogen-bond donors (Lipinski definition) is 3. The van der Waals surface area contributed by atoms with Gasteiger partial charge in [0.2, 0.25) is 5.28 Å². The predicted octanol–water partition coefficient (Wildman–Crippen LogP) is 3.77. The number of nitrogens with zero attached hydrogens (tertiary/aromatic N) is 3. The van der Waals surface area contributed by atoms with E-state index < -0.39 is 5.91 Å². The van der Waals surface area contributed by atoms with Crippen LogP contribution in [0.15, 0.2) is 48.7 Å². The number of carbonyl (C=O) groups excluding carboxylic acids is 1. The number of thiol groups is 1. The van der Waals surface area contributed by atoms with Gasteiger partial charge in [-0.3, -0.25) is 8.77 Å². The molecule has 3 N–H and O–H groups in total. The number of nitrogens with two attached hydrogens (primary N) is 1. The van der Waals surface area contributed by atoms with Crippen molar-refractivity contribution in [2.24, 2.45) is 5.73 Å². The number of aromatic nitrogens is 3. The average molecular weight is 370 g/mol. The summed E-state index contributed by atoms with van der Waals surface area (Å²) in [6.07, 6.45) is 1.74. The molecule has 1 amide bonds. The van der Waals surface area contributed by atoms with Crippen molar-refractivity contribution in [3.05, 3.63) is 59.5 Å². The van der Waals surface area contributed by atoms with E-state index >= 15 is 0 Å². The number of fused-ring (bicyclic) bond motifs is 2. The highest BCUT2D eigenvalue weighted by Gasteiger charge is 2.15. The smallest absolute Gasteiger partial charge is 0.250 e. The predicted molar refractivity (Wildman–Crippen MR) is 103 cm³/mol. The van der Waals surface area contributed by atoms with E-state index in [4.69, 9.17) is 17.3 Å². The van der Waals surface area contributed by atoms with E-state index in [0.717, 1.165) is 16.2 Å². The maximum Gasteiger partial charge on any atom is 0.250 e. The Morgan fingerprint density at radius 3 is 2.60 bits per heavy atom. The SMILES string of the molecule is NC(=O)c1cc2ccccc2cc1Nc1nc(Cl)nc2c1ccn2S. The van der Waals surface area contributed by atoms with Crippen LogP contribution in [0.3, 0.4) is 0 Å². The zero-order chi connectivity index (χ0) is 17.6. The van der Waals surface area contributed by atoms with Crippen LogP contribution in [0.1, 0.15) is 10.4 Å². The lowest BCUT2D eigenvalue weighted by atomic mass is 10.0. The molecule has 0 fully saturated rings. The van der Waals surface area contributed by atoms with Gasteiger partial charge in [-0.25, -0.2) is 0 Å². The van der Waals surface area contributed by atoms with E-state index in [1.54, 1.807) is 16.2 Å². The maximum absolute atomic E-state index is 11.9. The molecule has 0 aliphatic heterocycles. The Morgan fingerprint density at radius 1 is 1.16 bits per heavy atom. The molecule has 0 saturated heterocycles. The quantitative estimate of drug-likeness (QED) is 0.379. The number of hydrogen-bond acceptors (Lipinski definition) is 5. The van der Waals surface area contributed by atoms with Crippen molar-refractivity contribution in [1.29, 1.82) is 0 Å². The van der Waals surface area contributed by atoms with Crippen LogP contribution in [-0.2, 0) is 0 Å². The number of amides is 1. The van der Waals surface area contributed by atoms with Crippen LogP contribution in [-0.4, -0.2) is 19.8 Å². The number of carbonyl (C=O) groups is 1. The van der Waals surface area contributed by atoms with Crippen molar-refractivity contribution in [3.8, 4) is 0 Å². The molecule has 8 heteroatoms. The summed E-state index contributed by atoms with van der Waals surface area (Å²) < 4.78 is 1.55. The fourth-order valence-corrected chi connectivity index (χ4v) is 3.13. The fraction of sp³-hybridized carbons (Fsp3) is 0. The summed E-state index contributed by atoms with van der Waals surface area (Å²) >= 11 is 10.3. The van der Waals surface area contributed by atoms with Crippen molar-refractivity contribution in [2.75, 3.05) is 5.32 Å². The largest absolute Gasteiger partial charge is 0.366 e. The molecule has 2 heterocycles. The lowest BCUT2D eigenvalue weighted by Crippen LogP contribution is -2.13. The molecule has 2 aromatic heterocycles. The number of benzene rings is 2.